The van der Waals surface area contributed by atoms with Crippen molar-refractivity contribution in [2.24, 2.45) is 11.8 Å². The number of hydrogen-bond acceptors (Lipinski definition) is 3. The summed E-state index contributed by atoms with van der Waals surface area (Å²) in [6, 6.07) is 6.46. The minimum atomic E-state index is -0.973. The first-order valence-electron chi connectivity index (χ1n) is 8.09. The number of hydrogen-bond donors (Lipinski definition) is 3. The molecule has 0 heterocycles. The van der Waals surface area contributed by atoms with Crippen molar-refractivity contribution in [2.45, 2.75) is 40.2 Å². The van der Waals surface area contributed by atoms with Gasteiger partial charge in [0, 0.05) is 12.1 Å². The minimum absolute atomic E-state index is 0.0308. The van der Waals surface area contributed by atoms with Crippen LogP contribution in [0.25, 0.3) is 0 Å². The third kappa shape index (κ3) is 6.02. The molecule has 0 aromatic heterocycles. The lowest BCUT2D eigenvalue weighted by atomic mass is 10.0. The van der Waals surface area contributed by atoms with Crippen LogP contribution in [-0.4, -0.2) is 35.5 Å². The van der Waals surface area contributed by atoms with Crippen LogP contribution in [0.15, 0.2) is 24.3 Å². The van der Waals surface area contributed by atoms with E-state index in [1.807, 2.05) is 32.9 Å². The fourth-order valence-corrected chi connectivity index (χ4v) is 2.23. The summed E-state index contributed by atoms with van der Waals surface area (Å²) in [6.45, 7) is 7.30. The number of amides is 2. The fraction of sp³-hybridized carbons (Fsp3) is 0.500. The molecule has 0 fully saturated rings. The fourth-order valence-electron chi connectivity index (χ4n) is 2.23. The van der Waals surface area contributed by atoms with Crippen molar-refractivity contribution in [3.05, 3.63) is 35.4 Å². The van der Waals surface area contributed by atoms with Gasteiger partial charge in [-0.15, -0.1) is 0 Å². The van der Waals surface area contributed by atoms with E-state index in [2.05, 4.69) is 10.6 Å². The Hall–Kier alpha value is -2.37. The van der Waals surface area contributed by atoms with E-state index in [0.29, 0.717) is 12.0 Å². The molecular formula is C18H26N2O4. The Bertz CT molecular complexity index is 598. The minimum Gasteiger partial charge on any atom is -0.481 e. The van der Waals surface area contributed by atoms with Crippen molar-refractivity contribution in [1.29, 1.82) is 0 Å². The molecule has 1 aromatic carbocycles. The second-order valence-electron chi connectivity index (χ2n) is 6.45. The first kappa shape index (κ1) is 19.7. The zero-order valence-corrected chi connectivity index (χ0v) is 14.6. The summed E-state index contributed by atoms with van der Waals surface area (Å²) in [5.74, 6) is -2.12. The Balaban J connectivity index is 2.78. The Morgan fingerprint density at radius 3 is 2.29 bits per heavy atom. The summed E-state index contributed by atoms with van der Waals surface area (Å²) in [5, 5.41) is 14.2. The average Bonchev–Trinajstić information content (AvgIpc) is 2.51. The molecule has 0 aliphatic carbocycles. The number of carbonyl (C=O) groups excluding carboxylic acids is 2. The lowest BCUT2D eigenvalue weighted by Gasteiger charge is -2.21. The zero-order valence-electron chi connectivity index (χ0n) is 14.6. The van der Waals surface area contributed by atoms with Crippen LogP contribution in [0.2, 0.25) is 0 Å². The van der Waals surface area contributed by atoms with Crippen molar-refractivity contribution >= 4 is 17.8 Å². The molecule has 0 saturated carbocycles. The lowest BCUT2D eigenvalue weighted by Crippen LogP contribution is -2.48. The normalized spacial score (nSPS) is 13.2. The van der Waals surface area contributed by atoms with Gasteiger partial charge in [-0.1, -0.05) is 39.0 Å². The Morgan fingerprint density at radius 1 is 1.12 bits per heavy atom. The molecule has 6 heteroatoms. The van der Waals surface area contributed by atoms with E-state index < -0.39 is 17.9 Å². The molecule has 2 unspecified atom stereocenters. The van der Waals surface area contributed by atoms with Crippen LogP contribution in [0.5, 0.6) is 0 Å². The van der Waals surface area contributed by atoms with Gasteiger partial charge in [-0.05, 0) is 30.9 Å². The van der Waals surface area contributed by atoms with Crippen LogP contribution in [0, 0.1) is 18.8 Å². The molecule has 0 spiro atoms. The molecule has 0 radical (unpaired) electrons. The third-order valence-corrected chi connectivity index (χ3v) is 3.72. The van der Waals surface area contributed by atoms with Crippen LogP contribution in [0.3, 0.4) is 0 Å². The van der Waals surface area contributed by atoms with Crippen molar-refractivity contribution in [3.63, 3.8) is 0 Å². The third-order valence-electron chi connectivity index (χ3n) is 3.72. The topological polar surface area (TPSA) is 95.5 Å². The number of nitrogens with one attached hydrogen (secondary N) is 2. The van der Waals surface area contributed by atoms with Gasteiger partial charge in [-0.25, -0.2) is 0 Å². The van der Waals surface area contributed by atoms with Crippen molar-refractivity contribution in [3.8, 4) is 0 Å². The molecule has 0 aliphatic rings. The van der Waals surface area contributed by atoms with E-state index in [1.54, 1.807) is 12.1 Å². The average molecular weight is 334 g/mol. The lowest BCUT2D eigenvalue weighted by molar-refractivity contribution is -0.141. The van der Waals surface area contributed by atoms with Crippen LogP contribution in [-0.2, 0) is 9.59 Å². The smallest absolute Gasteiger partial charge is 0.308 e. The van der Waals surface area contributed by atoms with Crippen LogP contribution in [0.1, 0.15) is 43.1 Å². The molecule has 0 bridgehead atoms. The molecule has 2 atom stereocenters. The predicted octanol–water partition coefficient (Wildman–Crippen LogP) is 1.98. The van der Waals surface area contributed by atoms with E-state index in [4.69, 9.17) is 5.11 Å². The maximum absolute atomic E-state index is 12.4. The highest BCUT2D eigenvalue weighted by molar-refractivity contribution is 5.98. The van der Waals surface area contributed by atoms with Crippen LogP contribution < -0.4 is 10.6 Å². The Kier molecular flexibility index (Phi) is 7.42. The van der Waals surface area contributed by atoms with Gasteiger partial charge in [0.15, 0.2) is 0 Å². The van der Waals surface area contributed by atoms with Gasteiger partial charge >= 0.3 is 5.97 Å². The van der Waals surface area contributed by atoms with Crippen LogP contribution in [0.4, 0.5) is 0 Å². The molecule has 1 rings (SSSR count). The van der Waals surface area contributed by atoms with Crippen molar-refractivity contribution < 1.29 is 19.5 Å². The van der Waals surface area contributed by atoms with Gasteiger partial charge in [-0.2, -0.15) is 0 Å². The molecule has 2 amide bonds. The summed E-state index contributed by atoms with van der Waals surface area (Å²) >= 11 is 0. The Morgan fingerprint density at radius 2 is 1.75 bits per heavy atom. The molecule has 6 nitrogen and oxygen atoms in total. The summed E-state index contributed by atoms with van der Waals surface area (Å²) < 4.78 is 0. The van der Waals surface area contributed by atoms with E-state index in [-0.39, 0.29) is 24.3 Å². The predicted molar refractivity (Wildman–Crippen MR) is 91.7 cm³/mol. The van der Waals surface area contributed by atoms with Crippen molar-refractivity contribution in [1.82, 2.24) is 10.6 Å². The van der Waals surface area contributed by atoms with Gasteiger partial charge in [-0.3, -0.25) is 14.4 Å². The monoisotopic (exact) mass is 334 g/mol. The molecule has 3 N–H and O–H groups in total. The maximum Gasteiger partial charge on any atom is 0.308 e. The van der Waals surface area contributed by atoms with Crippen molar-refractivity contribution in [2.75, 3.05) is 6.54 Å². The standard InChI is InChI=1S/C18H26N2O4/c1-11(2)9-15(17(22)19-10-13(4)18(23)24)20-16(21)14-8-6-5-7-12(14)3/h5-8,11,13,15H,9-10H2,1-4H3,(H,19,22)(H,20,21)(H,23,24). The van der Waals surface area contributed by atoms with Gasteiger partial charge in [0.25, 0.3) is 5.91 Å². The van der Waals surface area contributed by atoms with E-state index in [0.717, 1.165) is 5.56 Å². The zero-order chi connectivity index (χ0) is 18.3. The molecule has 1 aromatic rings. The number of aryl methyl sites for hydroxylation is 1. The second-order valence-corrected chi connectivity index (χ2v) is 6.45. The highest BCUT2D eigenvalue weighted by atomic mass is 16.4. The van der Waals surface area contributed by atoms with E-state index in [9.17, 15) is 14.4 Å². The first-order chi connectivity index (χ1) is 11.2. The second kappa shape index (κ2) is 9.05. The van der Waals surface area contributed by atoms with Gasteiger partial charge < -0.3 is 15.7 Å². The number of carbonyl (C=O) groups is 3. The Labute approximate surface area is 142 Å². The quantitative estimate of drug-likeness (QED) is 0.677. The van der Waals surface area contributed by atoms with E-state index >= 15 is 0 Å². The van der Waals surface area contributed by atoms with Gasteiger partial charge in [0.2, 0.25) is 5.91 Å². The number of carboxylic acid groups (broad SMARTS) is 1. The summed E-state index contributed by atoms with van der Waals surface area (Å²) in [4.78, 5) is 35.6. The largest absolute Gasteiger partial charge is 0.481 e. The summed E-state index contributed by atoms with van der Waals surface area (Å²) in [6.07, 6.45) is 0.477. The highest BCUT2D eigenvalue weighted by Gasteiger charge is 2.24. The SMILES string of the molecule is Cc1ccccc1C(=O)NC(CC(C)C)C(=O)NCC(C)C(=O)O. The maximum atomic E-state index is 12.4. The number of aliphatic carboxylic acids is 1. The molecule has 24 heavy (non-hydrogen) atoms. The number of benzene rings is 1. The number of rotatable bonds is 8. The van der Waals surface area contributed by atoms with Crippen LogP contribution >= 0.6 is 0 Å². The summed E-state index contributed by atoms with van der Waals surface area (Å²) in [5.41, 5.74) is 1.36. The van der Waals surface area contributed by atoms with E-state index in [1.165, 1.54) is 6.92 Å². The first-order valence-corrected chi connectivity index (χ1v) is 8.09. The molecule has 0 aliphatic heterocycles. The molecule has 0 saturated heterocycles. The summed E-state index contributed by atoms with van der Waals surface area (Å²) in [7, 11) is 0. The number of carboxylic acids is 1. The molecular weight excluding hydrogens is 308 g/mol. The highest BCUT2D eigenvalue weighted by Crippen LogP contribution is 2.10. The van der Waals surface area contributed by atoms with Gasteiger partial charge in [0.1, 0.15) is 6.04 Å². The molecule has 132 valence electrons. The van der Waals surface area contributed by atoms with Gasteiger partial charge in [0.05, 0.1) is 5.92 Å².